The molecule has 0 aromatic heterocycles. The molecule has 1 rings (SSSR count). The molecule has 0 heterocycles. The highest BCUT2D eigenvalue weighted by molar-refractivity contribution is 5.94. The lowest BCUT2D eigenvalue weighted by Crippen LogP contribution is -2.42. The van der Waals surface area contributed by atoms with E-state index in [4.69, 9.17) is 0 Å². The van der Waals surface area contributed by atoms with Crippen molar-refractivity contribution in [3.8, 4) is 0 Å². The van der Waals surface area contributed by atoms with Crippen LogP contribution >= 0.6 is 0 Å². The first-order valence-corrected chi connectivity index (χ1v) is 10.1. The summed E-state index contributed by atoms with van der Waals surface area (Å²) >= 11 is 0. The summed E-state index contributed by atoms with van der Waals surface area (Å²) in [5.41, 5.74) is 1.80. The molecule has 1 unspecified atom stereocenters. The highest BCUT2D eigenvalue weighted by Crippen LogP contribution is 2.05. The van der Waals surface area contributed by atoms with Gasteiger partial charge in [-0.25, -0.2) is 0 Å². The lowest BCUT2D eigenvalue weighted by molar-refractivity contribution is 0.0956. The van der Waals surface area contributed by atoms with Gasteiger partial charge in [0.2, 0.25) is 0 Å². The van der Waals surface area contributed by atoms with Gasteiger partial charge in [0.05, 0.1) is 0 Å². The van der Waals surface area contributed by atoms with Crippen molar-refractivity contribution in [2.75, 3.05) is 33.2 Å². The van der Waals surface area contributed by atoms with E-state index in [0.717, 1.165) is 37.6 Å². The van der Waals surface area contributed by atoms with E-state index < -0.39 is 0 Å². The normalized spacial score (nSPS) is 12.7. The van der Waals surface area contributed by atoms with E-state index in [9.17, 15) is 4.79 Å². The van der Waals surface area contributed by atoms with Gasteiger partial charge in [-0.05, 0) is 64.0 Å². The van der Waals surface area contributed by atoms with Gasteiger partial charge >= 0.3 is 0 Å². The van der Waals surface area contributed by atoms with Gasteiger partial charge in [0.1, 0.15) is 0 Å². The van der Waals surface area contributed by atoms with Gasteiger partial charge in [0.15, 0.2) is 5.96 Å². The maximum Gasteiger partial charge on any atom is 0.251 e. The van der Waals surface area contributed by atoms with Crippen molar-refractivity contribution in [2.24, 2.45) is 4.99 Å². The fourth-order valence-electron chi connectivity index (χ4n) is 2.88. The number of rotatable bonds is 11. The van der Waals surface area contributed by atoms with Crippen LogP contribution in [-0.4, -0.2) is 56.0 Å². The van der Waals surface area contributed by atoms with Crippen molar-refractivity contribution >= 4 is 11.9 Å². The van der Waals surface area contributed by atoms with E-state index in [0.29, 0.717) is 24.7 Å². The summed E-state index contributed by atoms with van der Waals surface area (Å²) in [4.78, 5) is 18.6. The summed E-state index contributed by atoms with van der Waals surface area (Å²) in [6, 6.07) is 8.02. The van der Waals surface area contributed by atoms with E-state index in [1.807, 2.05) is 31.2 Å². The lowest BCUT2D eigenvalue weighted by atomic mass is 10.1. The quantitative estimate of drug-likeness (QED) is 0.411. The van der Waals surface area contributed by atoms with Crippen molar-refractivity contribution in [3.63, 3.8) is 0 Å². The SMILES string of the molecule is CCNC(=O)c1ccc(CNC(=NC)NC(C)CCCN(CC)CC)cc1. The number of hydrogen-bond acceptors (Lipinski definition) is 3. The molecule has 0 saturated heterocycles. The summed E-state index contributed by atoms with van der Waals surface area (Å²) in [6.07, 6.45) is 2.28. The first-order valence-electron chi connectivity index (χ1n) is 10.1. The number of aliphatic imine (C=N–C) groups is 1. The third-order valence-corrected chi connectivity index (χ3v) is 4.63. The Balaban J connectivity index is 2.40. The zero-order chi connectivity index (χ0) is 20.1. The fraction of sp³-hybridized carbons (Fsp3) is 0.619. The van der Waals surface area contributed by atoms with Gasteiger partial charge in [-0.15, -0.1) is 0 Å². The molecule has 6 nitrogen and oxygen atoms in total. The number of nitrogens with zero attached hydrogens (tertiary/aromatic N) is 2. The van der Waals surface area contributed by atoms with Crippen LogP contribution in [0.3, 0.4) is 0 Å². The highest BCUT2D eigenvalue weighted by Gasteiger charge is 2.07. The standard InChI is InChI=1S/C21H37N5O/c1-6-23-20(27)19-13-11-18(12-14-19)16-24-21(22-5)25-17(4)10-9-15-26(7-2)8-3/h11-14,17H,6-10,15-16H2,1-5H3,(H,23,27)(H2,22,24,25). The molecular formula is C21H37N5O. The molecule has 0 fully saturated rings. The van der Waals surface area contributed by atoms with E-state index in [2.05, 4.69) is 46.6 Å². The summed E-state index contributed by atoms with van der Waals surface area (Å²) in [7, 11) is 1.79. The van der Waals surface area contributed by atoms with Crippen molar-refractivity contribution in [1.82, 2.24) is 20.9 Å². The first-order chi connectivity index (χ1) is 13.0. The average Bonchev–Trinajstić information content (AvgIpc) is 2.69. The molecule has 152 valence electrons. The molecular weight excluding hydrogens is 338 g/mol. The Kier molecular flexibility index (Phi) is 11.2. The molecule has 3 N–H and O–H groups in total. The number of guanidine groups is 1. The van der Waals surface area contributed by atoms with Gasteiger partial charge in [0.25, 0.3) is 5.91 Å². The predicted molar refractivity (Wildman–Crippen MR) is 114 cm³/mol. The molecule has 1 atom stereocenters. The maximum atomic E-state index is 11.8. The average molecular weight is 376 g/mol. The number of hydrogen-bond donors (Lipinski definition) is 3. The molecule has 0 spiro atoms. The molecule has 0 radical (unpaired) electrons. The second kappa shape index (κ2) is 13.1. The van der Waals surface area contributed by atoms with Crippen molar-refractivity contribution in [1.29, 1.82) is 0 Å². The van der Waals surface area contributed by atoms with Gasteiger partial charge in [-0.3, -0.25) is 9.79 Å². The zero-order valence-corrected chi connectivity index (χ0v) is 17.6. The Bertz CT molecular complexity index is 566. The van der Waals surface area contributed by atoms with Crippen LogP contribution in [0, 0.1) is 0 Å². The number of amides is 1. The Morgan fingerprint density at radius 1 is 1.11 bits per heavy atom. The lowest BCUT2D eigenvalue weighted by Gasteiger charge is -2.21. The van der Waals surface area contributed by atoms with E-state index in [1.165, 1.54) is 6.42 Å². The number of nitrogens with one attached hydrogen (secondary N) is 3. The van der Waals surface area contributed by atoms with Gasteiger partial charge in [-0.1, -0.05) is 26.0 Å². The van der Waals surface area contributed by atoms with Gasteiger partial charge < -0.3 is 20.9 Å². The molecule has 0 aliphatic carbocycles. The minimum absolute atomic E-state index is 0.0342. The molecule has 1 aromatic rings. The Labute approximate surface area is 164 Å². The van der Waals surface area contributed by atoms with Crippen LogP contribution in [0.15, 0.2) is 29.3 Å². The molecule has 1 aromatic carbocycles. The van der Waals surface area contributed by atoms with Crippen LogP contribution in [0.1, 0.15) is 56.5 Å². The van der Waals surface area contributed by atoms with Crippen LogP contribution in [0.2, 0.25) is 0 Å². The van der Waals surface area contributed by atoms with Crippen LogP contribution in [0.4, 0.5) is 0 Å². The number of carbonyl (C=O) groups excluding carboxylic acids is 1. The zero-order valence-electron chi connectivity index (χ0n) is 17.6. The molecule has 1 amide bonds. The third kappa shape index (κ3) is 8.91. The fourth-order valence-corrected chi connectivity index (χ4v) is 2.88. The maximum absolute atomic E-state index is 11.8. The van der Waals surface area contributed by atoms with E-state index in [-0.39, 0.29) is 5.91 Å². The molecule has 0 bridgehead atoms. The van der Waals surface area contributed by atoms with Crippen LogP contribution in [0.5, 0.6) is 0 Å². The van der Waals surface area contributed by atoms with E-state index in [1.54, 1.807) is 7.05 Å². The Hall–Kier alpha value is -2.08. The molecule has 0 aliphatic rings. The minimum atomic E-state index is -0.0342. The largest absolute Gasteiger partial charge is 0.354 e. The highest BCUT2D eigenvalue weighted by atomic mass is 16.1. The van der Waals surface area contributed by atoms with Crippen molar-refractivity contribution in [2.45, 2.75) is 53.1 Å². The van der Waals surface area contributed by atoms with Crippen LogP contribution < -0.4 is 16.0 Å². The number of carbonyl (C=O) groups is 1. The first kappa shape index (κ1) is 23.0. The second-order valence-corrected chi connectivity index (χ2v) is 6.70. The van der Waals surface area contributed by atoms with Crippen LogP contribution in [-0.2, 0) is 6.54 Å². The molecule has 0 aliphatic heterocycles. The van der Waals surface area contributed by atoms with E-state index >= 15 is 0 Å². The summed E-state index contributed by atoms with van der Waals surface area (Å²) in [5, 5.41) is 9.60. The molecule has 27 heavy (non-hydrogen) atoms. The monoisotopic (exact) mass is 375 g/mol. The van der Waals surface area contributed by atoms with Crippen molar-refractivity contribution < 1.29 is 4.79 Å². The minimum Gasteiger partial charge on any atom is -0.354 e. The Morgan fingerprint density at radius 3 is 2.33 bits per heavy atom. The summed E-state index contributed by atoms with van der Waals surface area (Å²) < 4.78 is 0. The molecule has 6 heteroatoms. The van der Waals surface area contributed by atoms with Gasteiger partial charge in [0, 0.05) is 31.7 Å². The smallest absolute Gasteiger partial charge is 0.251 e. The van der Waals surface area contributed by atoms with Crippen molar-refractivity contribution in [3.05, 3.63) is 35.4 Å². The van der Waals surface area contributed by atoms with Gasteiger partial charge in [-0.2, -0.15) is 0 Å². The molecule has 0 saturated carbocycles. The van der Waals surface area contributed by atoms with Crippen LogP contribution in [0.25, 0.3) is 0 Å². The number of benzene rings is 1. The summed E-state index contributed by atoms with van der Waals surface area (Å²) in [6.45, 7) is 13.2. The Morgan fingerprint density at radius 2 is 1.78 bits per heavy atom. The predicted octanol–water partition coefficient (Wildman–Crippen LogP) is 2.61. The summed E-state index contributed by atoms with van der Waals surface area (Å²) in [5.74, 6) is 0.770. The third-order valence-electron chi connectivity index (χ3n) is 4.63. The second-order valence-electron chi connectivity index (χ2n) is 6.70. The topological polar surface area (TPSA) is 68.8 Å².